The van der Waals surface area contributed by atoms with Gasteiger partial charge in [0.15, 0.2) is 0 Å². The highest BCUT2D eigenvalue weighted by Gasteiger charge is 2.25. The molecule has 1 N–H and O–H groups in total. The molecule has 3 nitrogen and oxygen atoms in total. The van der Waals surface area contributed by atoms with Crippen LogP contribution >= 0.6 is 0 Å². The third-order valence-electron chi connectivity index (χ3n) is 3.63. The first-order valence-electron chi connectivity index (χ1n) is 5.96. The monoisotopic (exact) mass is 215 g/mol. The summed E-state index contributed by atoms with van der Waals surface area (Å²) in [4.78, 5) is 2.37. The Labute approximate surface area is 93.4 Å². The molecule has 90 valence electrons. The Hall–Kier alpha value is -0.120. The molecule has 0 aromatic rings. The Morgan fingerprint density at radius 1 is 1.33 bits per heavy atom. The lowest BCUT2D eigenvalue weighted by Crippen LogP contribution is -2.45. The van der Waals surface area contributed by atoms with Crippen molar-refractivity contribution < 1.29 is 9.84 Å². The molecule has 0 saturated carbocycles. The van der Waals surface area contributed by atoms with Crippen molar-refractivity contribution in [3.8, 4) is 0 Å². The molecule has 0 amide bonds. The van der Waals surface area contributed by atoms with E-state index in [4.69, 9.17) is 9.84 Å². The molecule has 1 saturated heterocycles. The van der Waals surface area contributed by atoms with Gasteiger partial charge in [-0.1, -0.05) is 0 Å². The van der Waals surface area contributed by atoms with Gasteiger partial charge in [-0.3, -0.25) is 0 Å². The summed E-state index contributed by atoms with van der Waals surface area (Å²) in [6, 6.07) is 0. The molecule has 0 aromatic carbocycles. The molecule has 0 bridgehead atoms. The van der Waals surface area contributed by atoms with Crippen LogP contribution in [0, 0.1) is 5.92 Å². The van der Waals surface area contributed by atoms with Crippen LogP contribution in [0.2, 0.25) is 0 Å². The van der Waals surface area contributed by atoms with Crippen LogP contribution in [-0.2, 0) is 4.74 Å². The molecule has 3 heteroatoms. The molecule has 1 rings (SSSR count). The summed E-state index contributed by atoms with van der Waals surface area (Å²) in [5.41, 5.74) is 0.104. The van der Waals surface area contributed by atoms with Crippen molar-refractivity contribution in [1.82, 2.24) is 4.90 Å². The van der Waals surface area contributed by atoms with Crippen molar-refractivity contribution in [2.24, 2.45) is 5.92 Å². The van der Waals surface area contributed by atoms with E-state index in [1.54, 1.807) is 0 Å². The lowest BCUT2D eigenvalue weighted by Gasteiger charge is -2.38. The molecule has 1 aliphatic rings. The fourth-order valence-corrected chi connectivity index (χ4v) is 2.03. The van der Waals surface area contributed by atoms with Gasteiger partial charge in [0.1, 0.15) is 0 Å². The number of ether oxygens (including phenoxy) is 1. The van der Waals surface area contributed by atoms with Gasteiger partial charge in [-0.05, 0) is 46.1 Å². The molecule has 0 unspecified atom stereocenters. The smallest absolute Gasteiger partial charge is 0.0469 e. The van der Waals surface area contributed by atoms with Gasteiger partial charge >= 0.3 is 0 Å². The standard InChI is InChI=1S/C12H25NO2/c1-12(2,6-7-14)13(3)10-11-4-8-15-9-5-11/h11,14H,4-10H2,1-3H3. The van der Waals surface area contributed by atoms with Gasteiger partial charge in [-0.15, -0.1) is 0 Å². The predicted molar refractivity (Wildman–Crippen MR) is 62.0 cm³/mol. The number of hydrogen-bond donors (Lipinski definition) is 1. The van der Waals surface area contributed by atoms with E-state index in [0.717, 1.165) is 32.1 Å². The molecule has 15 heavy (non-hydrogen) atoms. The minimum atomic E-state index is 0.104. The van der Waals surface area contributed by atoms with Gasteiger partial charge in [-0.2, -0.15) is 0 Å². The maximum absolute atomic E-state index is 9.01. The zero-order chi connectivity index (χ0) is 11.3. The molecule has 0 atom stereocenters. The normalized spacial score (nSPS) is 19.8. The molecule has 0 aromatic heterocycles. The number of hydrogen-bond acceptors (Lipinski definition) is 3. The fraction of sp³-hybridized carbons (Fsp3) is 1.00. The number of nitrogens with zero attached hydrogens (tertiary/aromatic N) is 1. The third-order valence-corrected chi connectivity index (χ3v) is 3.63. The second kappa shape index (κ2) is 5.83. The van der Waals surface area contributed by atoms with Crippen molar-refractivity contribution >= 4 is 0 Å². The largest absolute Gasteiger partial charge is 0.396 e. The van der Waals surface area contributed by atoms with E-state index in [9.17, 15) is 0 Å². The van der Waals surface area contributed by atoms with Gasteiger partial charge in [-0.25, -0.2) is 0 Å². The lowest BCUT2D eigenvalue weighted by molar-refractivity contribution is 0.0344. The van der Waals surface area contributed by atoms with Gasteiger partial charge in [0, 0.05) is 31.9 Å². The van der Waals surface area contributed by atoms with Gasteiger partial charge in [0.2, 0.25) is 0 Å². The van der Waals surface area contributed by atoms with E-state index in [2.05, 4.69) is 25.8 Å². The van der Waals surface area contributed by atoms with Crippen molar-refractivity contribution in [2.45, 2.75) is 38.6 Å². The molecule has 0 aliphatic carbocycles. The van der Waals surface area contributed by atoms with Crippen LogP contribution in [0.1, 0.15) is 33.1 Å². The summed E-state index contributed by atoms with van der Waals surface area (Å²) in [5, 5.41) is 9.01. The molecule has 0 radical (unpaired) electrons. The number of rotatable bonds is 5. The Bertz CT molecular complexity index is 176. The van der Waals surface area contributed by atoms with Crippen molar-refractivity contribution in [2.75, 3.05) is 33.4 Å². The second-order valence-electron chi connectivity index (χ2n) is 5.22. The average molecular weight is 215 g/mol. The molecular weight excluding hydrogens is 190 g/mol. The minimum absolute atomic E-state index is 0.104. The van der Waals surface area contributed by atoms with E-state index in [0.29, 0.717) is 0 Å². The van der Waals surface area contributed by atoms with E-state index in [-0.39, 0.29) is 12.1 Å². The van der Waals surface area contributed by atoms with Crippen LogP contribution in [0.25, 0.3) is 0 Å². The highest BCUT2D eigenvalue weighted by molar-refractivity contribution is 4.81. The Morgan fingerprint density at radius 3 is 2.47 bits per heavy atom. The van der Waals surface area contributed by atoms with Crippen LogP contribution in [0.15, 0.2) is 0 Å². The third kappa shape index (κ3) is 4.09. The average Bonchev–Trinajstić information content (AvgIpc) is 2.19. The summed E-state index contributed by atoms with van der Waals surface area (Å²) >= 11 is 0. The molecule has 0 spiro atoms. The minimum Gasteiger partial charge on any atom is -0.396 e. The quantitative estimate of drug-likeness (QED) is 0.754. The maximum atomic E-state index is 9.01. The van der Waals surface area contributed by atoms with Crippen molar-refractivity contribution in [3.63, 3.8) is 0 Å². The van der Waals surface area contributed by atoms with Gasteiger partial charge in [0.25, 0.3) is 0 Å². The van der Waals surface area contributed by atoms with Crippen LogP contribution in [-0.4, -0.2) is 49.0 Å². The van der Waals surface area contributed by atoms with Crippen molar-refractivity contribution in [3.05, 3.63) is 0 Å². The summed E-state index contributed by atoms with van der Waals surface area (Å²) in [6.45, 7) is 7.62. The van der Waals surface area contributed by atoms with Crippen LogP contribution in [0.4, 0.5) is 0 Å². The van der Waals surface area contributed by atoms with E-state index in [1.165, 1.54) is 12.8 Å². The lowest BCUT2D eigenvalue weighted by atomic mass is 9.94. The SMILES string of the molecule is CN(CC1CCOCC1)C(C)(C)CCO. The zero-order valence-corrected chi connectivity index (χ0v) is 10.3. The highest BCUT2D eigenvalue weighted by Crippen LogP contribution is 2.22. The van der Waals surface area contributed by atoms with Crippen LogP contribution in [0.3, 0.4) is 0 Å². The zero-order valence-electron chi connectivity index (χ0n) is 10.3. The van der Waals surface area contributed by atoms with Crippen molar-refractivity contribution in [1.29, 1.82) is 0 Å². The number of aliphatic hydroxyl groups is 1. The van der Waals surface area contributed by atoms with E-state index < -0.39 is 0 Å². The topological polar surface area (TPSA) is 32.7 Å². The first-order valence-corrected chi connectivity index (χ1v) is 5.96. The van der Waals surface area contributed by atoms with E-state index >= 15 is 0 Å². The summed E-state index contributed by atoms with van der Waals surface area (Å²) in [7, 11) is 2.16. The number of aliphatic hydroxyl groups excluding tert-OH is 1. The molecule has 1 fully saturated rings. The summed E-state index contributed by atoms with van der Waals surface area (Å²) in [5.74, 6) is 0.765. The molecular formula is C12H25NO2. The van der Waals surface area contributed by atoms with Gasteiger partial charge in [0.05, 0.1) is 0 Å². The second-order valence-corrected chi connectivity index (χ2v) is 5.22. The summed E-state index contributed by atoms with van der Waals surface area (Å²) < 4.78 is 5.36. The summed E-state index contributed by atoms with van der Waals surface area (Å²) in [6.07, 6.45) is 3.20. The van der Waals surface area contributed by atoms with Crippen LogP contribution < -0.4 is 0 Å². The first-order chi connectivity index (χ1) is 7.06. The van der Waals surface area contributed by atoms with Gasteiger partial charge < -0.3 is 14.7 Å². The predicted octanol–water partition coefficient (Wildman–Crippen LogP) is 1.51. The van der Waals surface area contributed by atoms with Crippen LogP contribution in [0.5, 0.6) is 0 Å². The molecule has 1 aliphatic heterocycles. The Morgan fingerprint density at radius 2 is 1.93 bits per heavy atom. The Kier molecular flexibility index (Phi) is 5.03. The molecule has 1 heterocycles. The van der Waals surface area contributed by atoms with E-state index in [1.807, 2.05) is 0 Å². The fourth-order valence-electron chi connectivity index (χ4n) is 2.03. The maximum Gasteiger partial charge on any atom is 0.0469 e. The Balaban J connectivity index is 2.35. The first kappa shape index (κ1) is 12.9. The highest BCUT2D eigenvalue weighted by atomic mass is 16.5.